The van der Waals surface area contributed by atoms with Crippen LogP contribution in [0.5, 0.6) is 5.75 Å². The van der Waals surface area contributed by atoms with Crippen LogP contribution in [-0.4, -0.2) is 35.7 Å². The van der Waals surface area contributed by atoms with E-state index in [0.717, 1.165) is 16.8 Å². The summed E-state index contributed by atoms with van der Waals surface area (Å²) in [7, 11) is -4.20. The molecule has 0 aliphatic carbocycles. The summed E-state index contributed by atoms with van der Waals surface area (Å²) < 4.78 is 69.8. The van der Waals surface area contributed by atoms with Gasteiger partial charge in [-0.3, -0.25) is 4.79 Å². The van der Waals surface area contributed by atoms with Crippen LogP contribution in [0.2, 0.25) is 5.02 Å². The molecular weight excluding hydrogens is 485 g/mol. The molecular formula is C20H18ClF3N4O4S. The third-order valence-electron chi connectivity index (χ3n) is 4.55. The van der Waals surface area contributed by atoms with E-state index in [9.17, 15) is 26.4 Å². The molecule has 0 bridgehead atoms. The third-order valence-corrected chi connectivity index (χ3v) is 6.33. The van der Waals surface area contributed by atoms with E-state index in [4.69, 9.17) is 11.6 Å². The normalized spacial score (nSPS) is 12.0. The average molecular weight is 503 g/mol. The Hall–Kier alpha value is -3.12. The molecule has 176 valence electrons. The number of sulfonamides is 1. The molecule has 1 aromatic heterocycles. The minimum Gasteiger partial charge on any atom is -0.406 e. The molecule has 13 heteroatoms. The Morgan fingerprint density at radius 3 is 2.48 bits per heavy atom. The topological polar surface area (TPSA) is 103 Å². The highest BCUT2D eigenvalue weighted by Crippen LogP contribution is 2.30. The standard InChI is InChI=1S/C20H18ClF3N4O4S/c1-4-15-18(19(29)26-33(30,31)17-9-11(2)5-6-12(17)3)25-27-28(15)16-8-7-13(10-14(16)21)32-20(22,23)24/h5-10H,4H2,1-3H3,(H,26,29). The second-order valence-corrected chi connectivity index (χ2v) is 9.07. The molecule has 8 nitrogen and oxygen atoms in total. The summed E-state index contributed by atoms with van der Waals surface area (Å²) in [5.74, 6) is -1.54. The fourth-order valence-electron chi connectivity index (χ4n) is 3.07. The summed E-state index contributed by atoms with van der Waals surface area (Å²) in [5, 5.41) is 7.47. The molecule has 1 heterocycles. The Morgan fingerprint density at radius 1 is 1.18 bits per heavy atom. The first-order chi connectivity index (χ1) is 15.3. The Morgan fingerprint density at radius 2 is 1.88 bits per heavy atom. The van der Waals surface area contributed by atoms with Gasteiger partial charge in [0.25, 0.3) is 15.9 Å². The van der Waals surface area contributed by atoms with E-state index in [1.165, 1.54) is 12.1 Å². The van der Waals surface area contributed by atoms with Crippen molar-refractivity contribution in [3.05, 3.63) is 63.9 Å². The average Bonchev–Trinajstić information content (AvgIpc) is 3.12. The number of nitrogens with zero attached hydrogens (tertiary/aromatic N) is 3. The summed E-state index contributed by atoms with van der Waals surface area (Å²) >= 11 is 6.10. The summed E-state index contributed by atoms with van der Waals surface area (Å²) in [6, 6.07) is 7.98. The molecule has 0 radical (unpaired) electrons. The predicted octanol–water partition coefficient (Wildman–Crippen LogP) is 4.12. The number of amides is 1. The Balaban J connectivity index is 1.94. The van der Waals surface area contributed by atoms with E-state index in [1.807, 2.05) is 4.72 Å². The molecule has 0 fully saturated rings. The van der Waals surface area contributed by atoms with Gasteiger partial charge in [-0.2, -0.15) is 0 Å². The maximum Gasteiger partial charge on any atom is 0.573 e. The highest BCUT2D eigenvalue weighted by Gasteiger charge is 2.31. The number of halogens is 4. The van der Waals surface area contributed by atoms with Crippen molar-refractivity contribution in [1.82, 2.24) is 19.7 Å². The second-order valence-electron chi connectivity index (χ2n) is 7.01. The van der Waals surface area contributed by atoms with Crippen LogP contribution in [-0.2, 0) is 16.4 Å². The van der Waals surface area contributed by atoms with Crippen molar-refractivity contribution >= 4 is 27.5 Å². The van der Waals surface area contributed by atoms with Gasteiger partial charge in [-0.1, -0.05) is 35.9 Å². The Bertz CT molecular complexity index is 1320. The minimum absolute atomic E-state index is 0.0513. The Labute approximate surface area is 192 Å². The molecule has 0 saturated heterocycles. The first-order valence-electron chi connectivity index (χ1n) is 9.47. The zero-order valence-corrected chi connectivity index (χ0v) is 19.1. The van der Waals surface area contributed by atoms with E-state index in [1.54, 1.807) is 32.9 Å². The van der Waals surface area contributed by atoms with Crippen molar-refractivity contribution in [2.75, 3.05) is 0 Å². The second kappa shape index (κ2) is 9.02. The maximum atomic E-state index is 12.8. The molecule has 1 amide bonds. The number of alkyl halides is 3. The van der Waals surface area contributed by atoms with Gasteiger partial charge in [0.05, 0.1) is 21.3 Å². The van der Waals surface area contributed by atoms with E-state index >= 15 is 0 Å². The number of hydrogen-bond acceptors (Lipinski definition) is 6. The molecule has 33 heavy (non-hydrogen) atoms. The molecule has 0 aliphatic rings. The molecule has 3 rings (SSSR count). The quantitative estimate of drug-likeness (QED) is 0.544. The van der Waals surface area contributed by atoms with Crippen LogP contribution in [0.1, 0.15) is 34.2 Å². The first-order valence-corrected chi connectivity index (χ1v) is 11.3. The summed E-state index contributed by atoms with van der Waals surface area (Å²) in [6.45, 7) is 4.98. The van der Waals surface area contributed by atoms with E-state index in [0.29, 0.717) is 11.1 Å². The van der Waals surface area contributed by atoms with Gasteiger partial charge < -0.3 is 4.74 Å². The summed E-state index contributed by atoms with van der Waals surface area (Å²) in [5.41, 5.74) is 1.22. The lowest BCUT2D eigenvalue weighted by Crippen LogP contribution is -2.32. The monoisotopic (exact) mass is 502 g/mol. The number of carbonyl (C=O) groups excluding carboxylic acids is 1. The minimum atomic E-state index is -4.89. The summed E-state index contributed by atoms with van der Waals surface area (Å²) in [4.78, 5) is 12.7. The lowest BCUT2D eigenvalue weighted by Gasteiger charge is -2.12. The van der Waals surface area contributed by atoms with Gasteiger partial charge in [-0.15, -0.1) is 18.3 Å². The molecule has 0 saturated carbocycles. The van der Waals surface area contributed by atoms with Crippen LogP contribution in [0.3, 0.4) is 0 Å². The molecule has 1 N–H and O–H groups in total. The number of benzene rings is 2. The smallest absolute Gasteiger partial charge is 0.406 e. The highest BCUT2D eigenvalue weighted by molar-refractivity contribution is 7.90. The van der Waals surface area contributed by atoms with Gasteiger partial charge in [0.2, 0.25) is 0 Å². The van der Waals surface area contributed by atoms with E-state index in [2.05, 4.69) is 15.0 Å². The largest absolute Gasteiger partial charge is 0.573 e. The van der Waals surface area contributed by atoms with Gasteiger partial charge in [-0.25, -0.2) is 17.8 Å². The predicted molar refractivity (Wildman–Crippen MR) is 113 cm³/mol. The number of ether oxygens (including phenoxy) is 1. The zero-order chi connectivity index (χ0) is 24.6. The SMILES string of the molecule is CCc1c(C(=O)NS(=O)(=O)c2cc(C)ccc2C)nnn1-c1ccc(OC(F)(F)F)cc1Cl. The number of hydrogen-bond donors (Lipinski definition) is 1. The van der Waals surface area contributed by atoms with Crippen LogP contribution < -0.4 is 9.46 Å². The van der Waals surface area contributed by atoms with Crippen LogP contribution in [0.4, 0.5) is 13.2 Å². The molecule has 3 aromatic rings. The van der Waals surface area contributed by atoms with Crippen molar-refractivity contribution in [2.24, 2.45) is 0 Å². The number of rotatable bonds is 6. The number of aromatic nitrogens is 3. The number of nitrogens with one attached hydrogen (secondary N) is 1. The lowest BCUT2D eigenvalue weighted by atomic mass is 10.2. The number of carbonyl (C=O) groups is 1. The van der Waals surface area contributed by atoms with Crippen molar-refractivity contribution in [2.45, 2.75) is 38.4 Å². The van der Waals surface area contributed by atoms with Gasteiger partial charge in [-0.05, 0) is 49.6 Å². The van der Waals surface area contributed by atoms with Gasteiger partial charge in [0, 0.05) is 6.07 Å². The molecule has 2 aromatic carbocycles. The molecule has 0 unspecified atom stereocenters. The summed E-state index contributed by atoms with van der Waals surface area (Å²) in [6.07, 6.45) is -4.70. The molecule has 0 atom stereocenters. The van der Waals surface area contributed by atoms with Crippen molar-refractivity contribution < 1.29 is 31.1 Å². The third kappa shape index (κ3) is 5.45. The maximum absolute atomic E-state index is 12.8. The van der Waals surface area contributed by atoms with E-state index < -0.39 is 28.0 Å². The zero-order valence-electron chi connectivity index (χ0n) is 17.6. The van der Waals surface area contributed by atoms with Crippen LogP contribution in [0.25, 0.3) is 5.69 Å². The molecule has 0 spiro atoms. The molecule has 0 aliphatic heterocycles. The van der Waals surface area contributed by atoms with Crippen molar-refractivity contribution in [3.8, 4) is 11.4 Å². The number of aryl methyl sites for hydroxylation is 2. The van der Waals surface area contributed by atoms with Gasteiger partial charge in [0.1, 0.15) is 5.75 Å². The van der Waals surface area contributed by atoms with E-state index in [-0.39, 0.29) is 33.4 Å². The highest BCUT2D eigenvalue weighted by atomic mass is 35.5. The van der Waals surface area contributed by atoms with Crippen LogP contribution in [0.15, 0.2) is 41.3 Å². The first kappa shape index (κ1) is 24.5. The van der Waals surface area contributed by atoms with Crippen LogP contribution in [0, 0.1) is 13.8 Å². The van der Waals surface area contributed by atoms with Crippen LogP contribution >= 0.6 is 11.6 Å². The Kier molecular flexibility index (Phi) is 6.70. The fraction of sp³-hybridized carbons (Fsp3) is 0.250. The van der Waals surface area contributed by atoms with Crippen molar-refractivity contribution in [1.29, 1.82) is 0 Å². The van der Waals surface area contributed by atoms with Gasteiger partial charge in [0.15, 0.2) is 5.69 Å². The van der Waals surface area contributed by atoms with Crippen molar-refractivity contribution in [3.63, 3.8) is 0 Å². The fourth-order valence-corrected chi connectivity index (χ4v) is 4.60. The lowest BCUT2D eigenvalue weighted by molar-refractivity contribution is -0.274. The van der Waals surface area contributed by atoms with Gasteiger partial charge >= 0.3 is 6.36 Å².